The molecule has 0 aliphatic rings. The fraction of sp³-hybridized carbons (Fsp3) is 0.143. The molecule has 2 aromatic heterocycles. The van der Waals surface area contributed by atoms with Crippen molar-refractivity contribution in [2.24, 2.45) is 0 Å². The Morgan fingerprint density at radius 2 is 2.58 bits per heavy atom. The SMILES string of the molecule is S=c1[nH]ccn1Cc1cncs1. The fourth-order valence-electron chi connectivity index (χ4n) is 0.962. The van der Waals surface area contributed by atoms with E-state index in [9.17, 15) is 0 Å². The second-order valence-corrected chi connectivity index (χ2v) is 3.72. The van der Waals surface area contributed by atoms with Gasteiger partial charge in [0.1, 0.15) is 0 Å². The number of thiazole rings is 1. The topological polar surface area (TPSA) is 33.6 Å². The van der Waals surface area contributed by atoms with Crippen molar-refractivity contribution in [2.45, 2.75) is 6.54 Å². The largest absolute Gasteiger partial charge is 0.337 e. The first-order valence-electron chi connectivity index (χ1n) is 3.47. The van der Waals surface area contributed by atoms with Gasteiger partial charge in [-0.2, -0.15) is 0 Å². The van der Waals surface area contributed by atoms with Crippen molar-refractivity contribution in [1.29, 1.82) is 0 Å². The second-order valence-electron chi connectivity index (χ2n) is 2.36. The summed E-state index contributed by atoms with van der Waals surface area (Å²) in [5, 5.41) is 0. The zero-order chi connectivity index (χ0) is 8.39. The van der Waals surface area contributed by atoms with Crippen molar-refractivity contribution >= 4 is 23.6 Å². The number of nitrogens with one attached hydrogen (secondary N) is 1. The molecule has 2 aromatic rings. The zero-order valence-electron chi connectivity index (χ0n) is 6.23. The van der Waals surface area contributed by atoms with E-state index in [1.165, 1.54) is 4.88 Å². The van der Waals surface area contributed by atoms with Crippen molar-refractivity contribution in [3.05, 3.63) is 33.7 Å². The Morgan fingerprint density at radius 1 is 1.67 bits per heavy atom. The number of hydrogen-bond donors (Lipinski definition) is 1. The van der Waals surface area contributed by atoms with Crippen LogP contribution < -0.4 is 0 Å². The molecule has 0 aliphatic heterocycles. The molecule has 0 saturated heterocycles. The molecule has 0 aromatic carbocycles. The Labute approximate surface area is 78.7 Å². The maximum atomic E-state index is 5.05. The number of H-pyrrole nitrogens is 1. The normalized spacial score (nSPS) is 10.3. The van der Waals surface area contributed by atoms with Crippen LogP contribution in [0.15, 0.2) is 24.1 Å². The van der Waals surface area contributed by atoms with Crippen LogP contribution >= 0.6 is 23.6 Å². The van der Waals surface area contributed by atoms with Gasteiger partial charge in [0.2, 0.25) is 0 Å². The van der Waals surface area contributed by atoms with E-state index in [0.717, 1.165) is 11.3 Å². The van der Waals surface area contributed by atoms with Crippen LogP contribution in [-0.2, 0) is 6.54 Å². The van der Waals surface area contributed by atoms with Gasteiger partial charge in [-0.05, 0) is 12.2 Å². The van der Waals surface area contributed by atoms with Crippen LogP contribution in [0.4, 0.5) is 0 Å². The summed E-state index contributed by atoms with van der Waals surface area (Å²) in [4.78, 5) is 8.15. The standard InChI is InChI=1S/C7H7N3S2/c11-7-9-1-2-10(7)4-6-3-8-5-12-6/h1-3,5H,4H2,(H,9,11). The molecule has 0 unspecified atom stereocenters. The number of aromatic nitrogens is 3. The summed E-state index contributed by atoms with van der Waals surface area (Å²) in [6, 6.07) is 0. The van der Waals surface area contributed by atoms with Gasteiger partial charge >= 0.3 is 0 Å². The summed E-state index contributed by atoms with van der Waals surface area (Å²) >= 11 is 6.69. The Morgan fingerprint density at radius 3 is 3.17 bits per heavy atom. The van der Waals surface area contributed by atoms with Crippen LogP contribution in [0.5, 0.6) is 0 Å². The maximum absolute atomic E-state index is 5.05. The lowest BCUT2D eigenvalue weighted by atomic mass is 10.5. The van der Waals surface area contributed by atoms with Gasteiger partial charge < -0.3 is 9.55 Å². The van der Waals surface area contributed by atoms with E-state index >= 15 is 0 Å². The molecule has 0 atom stereocenters. The summed E-state index contributed by atoms with van der Waals surface area (Å²) in [6.07, 6.45) is 5.63. The summed E-state index contributed by atoms with van der Waals surface area (Å²) < 4.78 is 2.73. The van der Waals surface area contributed by atoms with E-state index in [0.29, 0.717) is 0 Å². The van der Waals surface area contributed by atoms with Gasteiger partial charge in [-0.3, -0.25) is 4.98 Å². The fourth-order valence-corrected chi connectivity index (χ4v) is 1.75. The van der Waals surface area contributed by atoms with E-state index in [-0.39, 0.29) is 0 Å². The van der Waals surface area contributed by atoms with Crippen molar-refractivity contribution in [3.8, 4) is 0 Å². The van der Waals surface area contributed by atoms with E-state index in [2.05, 4.69) is 9.97 Å². The van der Waals surface area contributed by atoms with Gasteiger partial charge in [-0.1, -0.05) is 0 Å². The lowest BCUT2D eigenvalue weighted by Crippen LogP contribution is -1.95. The Bertz CT molecular complexity index is 398. The summed E-state index contributed by atoms with van der Waals surface area (Å²) in [5.41, 5.74) is 1.82. The van der Waals surface area contributed by atoms with E-state index < -0.39 is 0 Å². The Kier molecular flexibility index (Phi) is 2.05. The molecule has 0 saturated carbocycles. The second kappa shape index (κ2) is 3.20. The number of nitrogens with zero attached hydrogens (tertiary/aromatic N) is 2. The molecule has 12 heavy (non-hydrogen) atoms. The van der Waals surface area contributed by atoms with Crippen LogP contribution in [0.1, 0.15) is 4.88 Å². The molecule has 0 spiro atoms. The zero-order valence-corrected chi connectivity index (χ0v) is 7.86. The molecule has 3 nitrogen and oxygen atoms in total. The highest BCUT2D eigenvalue weighted by Gasteiger charge is 1.96. The third kappa shape index (κ3) is 1.46. The minimum Gasteiger partial charge on any atom is -0.337 e. The number of hydrogen-bond acceptors (Lipinski definition) is 3. The molecule has 0 bridgehead atoms. The summed E-state index contributed by atoms with van der Waals surface area (Å²) in [7, 11) is 0. The molecular weight excluding hydrogens is 190 g/mol. The molecule has 0 radical (unpaired) electrons. The van der Waals surface area contributed by atoms with Gasteiger partial charge in [-0.15, -0.1) is 11.3 Å². The summed E-state index contributed by atoms with van der Waals surface area (Å²) in [5.74, 6) is 0. The monoisotopic (exact) mass is 197 g/mol. The van der Waals surface area contributed by atoms with Crippen LogP contribution in [0.2, 0.25) is 0 Å². The number of imidazole rings is 1. The third-order valence-electron chi connectivity index (χ3n) is 1.53. The van der Waals surface area contributed by atoms with Crippen molar-refractivity contribution < 1.29 is 0 Å². The van der Waals surface area contributed by atoms with E-state index in [1.54, 1.807) is 11.3 Å². The lowest BCUT2D eigenvalue weighted by Gasteiger charge is -1.96. The highest BCUT2D eigenvalue weighted by atomic mass is 32.1. The summed E-state index contributed by atoms with van der Waals surface area (Å²) in [6.45, 7) is 0.813. The lowest BCUT2D eigenvalue weighted by molar-refractivity contribution is 0.794. The molecule has 2 heterocycles. The van der Waals surface area contributed by atoms with Crippen molar-refractivity contribution in [1.82, 2.24) is 14.5 Å². The highest BCUT2D eigenvalue weighted by Crippen LogP contribution is 2.07. The molecule has 5 heteroatoms. The number of rotatable bonds is 2. The van der Waals surface area contributed by atoms with Crippen LogP contribution in [0, 0.1) is 4.77 Å². The average Bonchev–Trinajstić information content (AvgIpc) is 2.65. The van der Waals surface area contributed by atoms with Gasteiger partial charge in [0.25, 0.3) is 0 Å². The molecule has 0 fully saturated rings. The minimum atomic E-state index is 0.753. The molecular formula is C7H7N3S2. The highest BCUT2D eigenvalue weighted by molar-refractivity contribution is 7.71. The van der Waals surface area contributed by atoms with Gasteiger partial charge in [0.15, 0.2) is 4.77 Å². The molecule has 1 N–H and O–H groups in total. The molecule has 2 rings (SSSR count). The Balaban J connectivity index is 2.25. The molecule has 62 valence electrons. The predicted molar refractivity (Wildman–Crippen MR) is 50.8 cm³/mol. The number of aromatic amines is 1. The molecule has 0 aliphatic carbocycles. The van der Waals surface area contributed by atoms with Crippen LogP contribution in [0.3, 0.4) is 0 Å². The van der Waals surface area contributed by atoms with Crippen LogP contribution in [0.25, 0.3) is 0 Å². The third-order valence-corrected chi connectivity index (χ3v) is 2.65. The Hall–Kier alpha value is -0.940. The van der Waals surface area contributed by atoms with Gasteiger partial charge in [-0.25, -0.2) is 0 Å². The maximum Gasteiger partial charge on any atom is 0.177 e. The quantitative estimate of drug-likeness (QED) is 0.747. The average molecular weight is 197 g/mol. The van der Waals surface area contributed by atoms with Gasteiger partial charge in [0.05, 0.1) is 12.1 Å². The van der Waals surface area contributed by atoms with Gasteiger partial charge in [0, 0.05) is 23.5 Å². The smallest absolute Gasteiger partial charge is 0.177 e. The van der Waals surface area contributed by atoms with E-state index in [4.69, 9.17) is 12.2 Å². The van der Waals surface area contributed by atoms with Crippen molar-refractivity contribution in [2.75, 3.05) is 0 Å². The first-order valence-corrected chi connectivity index (χ1v) is 4.76. The van der Waals surface area contributed by atoms with Crippen molar-refractivity contribution in [3.63, 3.8) is 0 Å². The first-order chi connectivity index (χ1) is 5.86. The van der Waals surface area contributed by atoms with Crippen LogP contribution in [-0.4, -0.2) is 14.5 Å². The molecule has 0 amide bonds. The predicted octanol–water partition coefficient (Wildman–Crippen LogP) is 2.05. The minimum absolute atomic E-state index is 0.753. The van der Waals surface area contributed by atoms with E-state index in [1.807, 2.05) is 28.7 Å². The first kappa shape index (κ1) is 7.70.